The van der Waals surface area contributed by atoms with Gasteiger partial charge in [0.2, 0.25) is 0 Å². The molecular formula is C36H38HfSi. The molecule has 0 aliphatic carbocycles. The van der Waals surface area contributed by atoms with E-state index in [-0.39, 0.29) is 40.7 Å². The number of aryl methyl sites for hydroxylation is 2. The summed E-state index contributed by atoms with van der Waals surface area (Å²) in [6.45, 7) is 8.60. The maximum Gasteiger partial charge on any atom is 4.00 e. The summed E-state index contributed by atoms with van der Waals surface area (Å²) in [5, 5.41) is 5.37. The van der Waals surface area contributed by atoms with Crippen LogP contribution in [0.4, 0.5) is 0 Å². The summed E-state index contributed by atoms with van der Waals surface area (Å²) in [5.41, 5.74) is 7.89. The van der Waals surface area contributed by atoms with E-state index in [1.54, 1.807) is 0 Å². The van der Waals surface area contributed by atoms with Gasteiger partial charge in [0.15, 0.2) is 0 Å². The Morgan fingerprint density at radius 3 is 1.18 bits per heavy atom. The maximum absolute atomic E-state index is 2.26. The maximum atomic E-state index is 2.26. The van der Waals surface area contributed by atoms with Gasteiger partial charge in [-0.3, -0.25) is 0 Å². The van der Waals surface area contributed by atoms with Crippen LogP contribution in [0.15, 0.2) is 121 Å². The Morgan fingerprint density at radius 2 is 0.842 bits per heavy atom. The largest absolute Gasteiger partial charge is 4.00 e. The molecule has 0 nitrogen and oxygen atoms in total. The normalized spacial score (nSPS) is 9.58. The Hall–Kier alpha value is -2.81. The Kier molecular flexibility index (Phi) is 14.2. The zero-order valence-electron chi connectivity index (χ0n) is 23.5. The second kappa shape index (κ2) is 16.2. The fourth-order valence-electron chi connectivity index (χ4n) is 4.51. The standard InChI is InChI=1S/2C16H13.C2H6Si.2CH3.Hf/c2*1-12-10-14-8-5-9-15(16(14)11-12)13-6-3-2-4-7-13;1-3-2;;;/h2*2-11H,1H3;1-2H3;2*1H3;/q2*-1;;2*-1;+4. The molecule has 0 saturated carbocycles. The third kappa shape index (κ3) is 8.09. The first kappa shape index (κ1) is 33.2. The van der Waals surface area contributed by atoms with Crippen molar-refractivity contribution in [3.05, 3.63) is 147 Å². The average Bonchev–Trinajstić information content (AvgIpc) is 3.46. The molecule has 0 aliphatic rings. The van der Waals surface area contributed by atoms with Crippen molar-refractivity contribution < 1.29 is 25.8 Å². The number of rotatable bonds is 2. The molecule has 0 fully saturated rings. The van der Waals surface area contributed by atoms with Crippen molar-refractivity contribution in [3.63, 3.8) is 0 Å². The summed E-state index contributed by atoms with van der Waals surface area (Å²) in [6.07, 6.45) is 0. The van der Waals surface area contributed by atoms with E-state index in [0.29, 0.717) is 0 Å². The van der Waals surface area contributed by atoms with Crippen molar-refractivity contribution in [1.29, 1.82) is 0 Å². The molecule has 6 aromatic carbocycles. The van der Waals surface area contributed by atoms with Crippen LogP contribution in [-0.4, -0.2) is 9.52 Å². The molecule has 0 aromatic heterocycles. The number of benzene rings is 4. The van der Waals surface area contributed by atoms with Gasteiger partial charge in [0.1, 0.15) is 0 Å². The summed E-state index contributed by atoms with van der Waals surface area (Å²) < 4.78 is 0. The summed E-state index contributed by atoms with van der Waals surface area (Å²) >= 11 is 0. The van der Waals surface area contributed by atoms with Crippen LogP contribution >= 0.6 is 0 Å². The van der Waals surface area contributed by atoms with Crippen molar-refractivity contribution >= 4 is 31.1 Å². The SMILES string of the molecule is C[Si]C.Cc1cc2c(-c3ccccc3)cccc2[cH-]1.Cc1cc2c(-c3ccccc3)cccc2[cH-]1.[CH3-].[CH3-].[Hf+4]. The molecule has 2 heteroatoms. The fourth-order valence-corrected chi connectivity index (χ4v) is 4.51. The van der Waals surface area contributed by atoms with E-state index in [1.165, 1.54) is 54.9 Å². The van der Waals surface area contributed by atoms with Gasteiger partial charge in [-0.25, -0.2) is 0 Å². The molecule has 0 amide bonds. The van der Waals surface area contributed by atoms with Gasteiger partial charge in [0.25, 0.3) is 0 Å². The molecule has 190 valence electrons. The predicted molar refractivity (Wildman–Crippen MR) is 170 cm³/mol. The van der Waals surface area contributed by atoms with E-state index >= 15 is 0 Å². The minimum atomic E-state index is 0. The Balaban J connectivity index is 0.000000322. The van der Waals surface area contributed by atoms with E-state index < -0.39 is 0 Å². The van der Waals surface area contributed by atoms with Crippen molar-refractivity contribution in [3.8, 4) is 22.3 Å². The van der Waals surface area contributed by atoms with Gasteiger partial charge in [-0.1, -0.05) is 111 Å². The van der Waals surface area contributed by atoms with Crippen LogP contribution in [0, 0.1) is 28.7 Å². The van der Waals surface area contributed by atoms with Crippen LogP contribution in [0.25, 0.3) is 43.8 Å². The van der Waals surface area contributed by atoms with Crippen molar-refractivity contribution in [2.24, 2.45) is 0 Å². The van der Waals surface area contributed by atoms with Gasteiger partial charge in [0.05, 0.1) is 0 Å². The zero-order chi connectivity index (χ0) is 24.6. The third-order valence-electron chi connectivity index (χ3n) is 5.96. The first-order valence-corrected chi connectivity index (χ1v) is 14.1. The van der Waals surface area contributed by atoms with Gasteiger partial charge in [-0.15, -0.1) is 69.1 Å². The molecule has 0 unspecified atom stereocenters. The van der Waals surface area contributed by atoms with Gasteiger partial charge in [0, 0.05) is 9.52 Å². The molecule has 0 bridgehead atoms. The van der Waals surface area contributed by atoms with Crippen molar-refractivity contribution in [2.75, 3.05) is 0 Å². The second-order valence-electron chi connectivity index (χ2n) is 8.91. The molecule has 2 radical (unpaired) electrons. The molecule has 6 rings (SSSR count). The smallest absolute Gasteiger partial charge is 0.358 e. The molecule has 0 aliphatic heterocycles. The summed E-state index contributed by atoms with van der Waals surface area (Å²) in [7, 11) is 1.08. The molecule has 6 aromatic rings. The van der Waals surface area contributed by atoms with Crippen LogP contribution in [-0.2, 0) is 25.8 Å². The van der Waals surface area contributed by atoms with Gasteiger partial charge < -0.3 is 14.9 Å². The Bertz CT molecular complexity index is 1380. The van der Waals surface area contributed by atoms with Gasteiger partial charge >= 0.3 is 25.8 Å². The van der Waals surface area contributed by atoms with Crippen LogP contribution in [0.3, 0.4) is 0 Å². The van der Waals surface area contributed by atoms with E-state index in [9.17, 15) is 0 Å². The van der Waals surface area contributed by atoms with Crippen molar-refractivity contribution in [1.82, 2.24) is 0 Å². The first-order valence-electron chi connectivity index (χ1n) is 12.1. The van der Waals surface area contributed by atoms with Crippen LogP contribution in [0.5, 0.6) is 0 Å². The van der Waals surface area contributed by atoms with E-state index in [4.69, 9.17) is 0 Å². The van der Waals surface area contributed by atoms with Crippen LogP contribution in [0.1, 0.15) is 11.1 Å². The fraction of sp³-hybridized carbons (Fsp3) is 0.111. The van der Waals surface area contributed by atoms with E-state index in [0.717, 1.165) is 9.52 Å². The monoisotopic (exact) mass is 678 g/mol. The first-order chi connectivity index (χ1) is 17.1. The van der Waals surface area contributed by atoms with Crippen molar-refractivity contribution in [2.45, 2.75) is 26.9 Å². The minimum Gasteiger partial charge on any atom is -0.358 e. The number of fused-ring (bicyclic) bond motifs is 2. The molecule has 0 saturated heterocycles. The van der Waals surface area contributed by atoms with Gasteiger partial charge in [-0.2, -0.15) is 12.1 Å². The molecule has 0 atom stereocenters. The molecule has 0 spiro atoms. The zero-order valence-corrected chi connectivity index (χ0v) is 28.1. The Labute approximate surface area is 252 Å². The summed E-state index contributed by atoms with van der Waals surface area (Å²) in [5.74, 6) is 0. The molecule has 0 heterocycles. The quantitative estimate of drug-likeness (QED) is 0.126. The molecular weight excluding hydrogens is 639 g/mol. The average molecular weight is 677 g/mol. The number of hydrogen-bond donors (Lipinski definition) is 0. The van der Waals surface area contributed by atoms with E-state index in [2.05, 4.69) is 148 Å². The van der Waals surface area contributed by atoms with Crippen LogP contribution in [0.2, 0.25) is 13.1 Å². The third-order valence-corrected chi connectivity index (χ3v) is 5.96. The van der Waals surface area contributed by atoms with Crippen LogP contribution < -0.4 is 0 Å². The summed E-state index contributed by atoms with van der Waals surface area (Å²) in [6, 6.07) is 43.1. The topological polar surface area (TPSA) is 0 Å². The second-order valence-corrected chi connectivity index (χ2v) is 9.91. The molecule has 38 heavy (non-hydrogen) atoms. The van der Waals surface area contributed by atoms with Gasteiger partial charge in [-0.05, 0) is 11.1 Å². The predicted octanol–water partition coefficient (Wildman–Crippen LogP) is 10.8. The Morgan fingerprint density at radius 1 is 0.500 bits per heavy atom. The summed E-state index contributed by atoms with van der Waals surface area (Å²) in [4.78, 5) is 0. The molecule has 0 N–H and O–H groups in total. The van der Waals surface area contributed by atoms with E-state index in [1.807, 2.05) is 0 Å². The number of hydrogen-bond acceptors (Lipinski definition) is 0. The minimum absolute atomic E-state index is 0.